The van der Waals surface area contributed by atoms with Crippen LogP contribution < -0.4 is 9.47 Å². The number of hydrogen-bond donors (Lipinski definition) is 0. The highest BCUT2D eigenvalue weighted by atomic mass is 19.1. The number of para-hydroxylation sites is 2. The van der Waals surface area contributed by atoms with Crippen molar-refractivity contribution in [3.05, 3.63) is 59.2 Å². The first-order chi connectivity index (χ1) is 26.2. The molecule has 55 heavy (non-hydrogen) atoms. The lowest BCUT2D eigenvalue weighted by molar-refractivity contribution is 0.0573. The second-order valence-electron chi connectivity index (χ2n) is 19.6. The van der Waals surface area contributed by atoms with Crippen LogP contribution >= 0.6 is 0 Å². The van der Waals surface area contributed by atoms with E-state index in [1.807, 2.05) is 26.0 Å². The van der Waals surface area contributed by atoms with Gasteiger partial charge in [-0.25, -0.2) is 8.78 Å². The van der Waals surface area contributed by atoms with Gasteiger partial charge in [0.05, 0.1) is 13.2 Å². The average Bonchev–Trinajstić information content (AvgIpc) is 3.20. The SMILES string of the molecule is CCCCCC(CCC(CCCOc1c(C)cccc1F)C(C)CCC(C)C)CC(C)(C)CC1(C)CCCCCCCC1CCCOc1c(C)cccc1F. The molecule has 0 radical (unpaired) electrons. The van der Waals surface area contributed by atoms with E-state index in [0.717, 1.165) is 48.6 Å². The highest BCUT2D eigenvalue weighted by Crippen LogP contribution is 2.50. The Balaban J connectivity index is 1.69. The van der Waals surface area contributed by atoms with Crippen molar-refractivity contribution in [1.29, 1.82) is 0 Å². The molecule has 0 N–H and O–H groups in total. The topological polar surface area (TPSA) is 18.5 Å². The van der Waals surface area contributed by atoms with Crippen molar-refractivity contribution >= 4 is 0 Å². The summed E-state index contributed by atoms with van der Waals surface area (Å²) in [6.45, 7) is 22.4. The molecule has 2 aromatic carbocycles. The second kappa shape index (κ2) is 24.6. The molecule has 5 unspecified atom stereocenters. The summed E-state index contributed by atoms with van der Waals surface area (Å²) in [5, 5.41) is 0. The Morgan fingerprint density at radius 3 is 1.96 bits per heavy atom. The standard InChI is InChI=1S/C51H84F2O2/c1-10-11-15-24-43(32-33-44(40(4)31-30-39(2)3)25-20-35-54-48-41(5)22-18-28-46(48)52)37-50(7,8)38-51(9)34-17-14-12-13-16-26-45(51)27-21-36-55-49-42(6)23-19-29-47(49)53/h18-19,22-23,28-29,39-40,43-45H,10-17,20-21,24-27,30-38H2,1-9H3. The van der Waals surface area contributed by atoms with Crippen LogP contribution in [0.5, 0.6) is 11.5 Å². The highest BCUT2D eigenvalue weighted by molar-refractivity contribution is 5.34. The molecule has 1 aliphatic carbocycles. The quantitative estimate of drug-likeness (QED) is 0.0937. The van der Waals surface area contributed by atoms with Crippen molar-refractivity contribution in [2.45, 2.75) is 197 Å². The highest BCUT2D eigenvalue weighted by Gasteiger charge is 2.39. The molecule has 4 heteroatoms. The number of benzene rings is 2. The van der Waals surface area contributed by atoms with Gasteiger partial charge in [0.2, 0.25) is 0 Å². The van der Waals surface area contributed by atoms with Gasteiger partial charge < -0.3 is 9.47 Å². The molecule has 0 spiro atoms. The summed E-state index contributed by atoms with van der Waals surface area (Å²) in [7, 11) is 0. The Hall–Kier alpha value is -2.10. The summed E-state index contributed by atoms with van der Waals surface area (Å²) in [6.07, 6.45) is 26.7. The van der Waals surface area contributed by atoms with Gasteiger partial charge in [0.15, 0.2) is 23.1 Å². The van der Waals surface area contributed by atoms with Gasteiger partial charge in [-0.05, 0) is 135 Å². The first-order valence-electron chi connectivity index (χ1n) is 23.0. The van der Waals surface area contributed by atoms with Gasteiger partial charge in [0.25, 0.3) is 0 Å². The van der Waals surface area contributed by atoms with Crippen LogP contribution in [0.25, 0.3) is 0 Å². The van der Waals surface area contributed by atoms with E-state index in [1.165, 1.54) is 121 Å². The van der Waals surface area contributed by atoms with Gasteiger partial charge in [-0.2, -0.15) is 0 Å². The first-order valence-corrected chi connectivity index (χ1v) is 23.0. The van der Waals surface area contributed by atoms with Crippen LogP contribution in [-0.2, 0) is 0 Å². The van der Waals surface area contributed by atoms with E-state index >= 15 is 0 Å². The van der Waals surface area contributed by atoms with Crippen molar-refractivity contribution in [3.8, 4) is 11.5 Å². The van der Waals surface area contributed by atoms with E-state index in [-0.39, 0.29) is 17.0 Å². The summed E-state index contributed by atoms with van der Waals surface area (Å²) in [4.78, 5) is 0. The van der Waals surface area contributed by atoms with Crippen molar-refractivity contribution in [3.63, 3.8) is 0 Å². The molecular weight excluding hydrogens is 683 g/mol. The molecule has 0 saturated heterocycles. The largest absolute Gasteiger partial charge is 0.490 e. The van der Waals surface area contributed by atoms with Crippen molar-refractivity contribution < 1.29 is 18.3 Å². The number of aryl methyl sites for hydroxylation is 2. The van der Waals surface area contributed by atoms with Crippen molar-refractivity contribution in [1.82, 2.24) is 0 Å². The van der Waals surface area contributed by atoms with Crippen LogP contribution in [0.3, 0.4) is 0 Å². The van der Waals surface area contributed by atoms with Crippen molar-refractivity contribution in [2.24, 2.45) is 40.4 Å². The maximum Gasteiger partial charge on any atom is 0.165 e. The minimum Gasteiger partial charge on any atom is -0.490 e. The van der Waals surface area contributed by atoms with Gasteiger partial charge in [-0.1, -0.05) is 150 Å². The summed E-state index contributed by atoms with van der Waals surface area (Å²) in [5.41, 5.74) is 2.32. The van der Waals surface area contributed by atoms with Gasteiger partial charge in [-0.3, -0.25) is 0 Å². The Morgan fingerprint density at radius 1 is 0.727 bits per heavy atom. The predicted octanol–water partition coefficient (Wildman–Crippen LogP) is 16.4. The summed E-state index contributed by atoms with van der Waals surface area (Å²) in [6, 6.07) is 10.4. The lowest BCUT2D eigenvalue weighted by Gasteiger charge is -2.45. The molecule has 0 amide bonds. The molecule has 0 aromatic heterocycles. The Morgan fingerprint density at radius 2 is 1.35 bits per heavy atom. The Kier molecular flexibility index (Phi) is 21.2. The number of unbranched alkanes of at least 4 members (excludes halogenated alkanes) is 2. The van der Waals surface area contributed by atoms with E-state index < -0.39 is 0 Å². The minimum absolute atomic E-state index is 0.248. The second-order valence-corrected chi connectivity index (χ2v) is 19.6. The smallest absolute Gasteiger partial charge is 0.165 e. The lowest BCUT2D eigenvalue weighted by atomic mass is 9.61. The molecule has 2 nitrogen and oxygen atoms in total. The van der Waals surface area contributed by atoms with Crippen molar-refractivity contribution in [2.75, 3.05) is 13.2 Å². The third kappa shape index (κ3) is 17.1. The van der Waals surface area contributed by atoms with E-state index in [4.69, 9.17) is 9.47 Å². The van der Waals surface area contributed by atoms with E-state index in [2.05, 4.69) is 48.5 Å². The minimum atomic E-state index is -0.252. The molecule has 0 bridgehead atoms. The molecule has 1 fully saturated rings. The molecular formula is C51H84F2O2. The van der Waals surface area contributed by atoms with Gasteiger partial charge in [-0.15, -0.1) is 0 Å². The molecule has 0 aliphatic heterocycles. The number of rotatable bonds is 25. The lowest BCUT2D eigenvalue weighted by Crippen LogP contribution is -2.34. The first kappa shape index (κ1) is 47.3. The maximum absolute atomic E-state index is 14.5. The molecule has 1 aliphatic rings. The summed E-state index contributed by atoms with van der Waals surface area (Å²) < 4.78 is 41.1. The van der Waals surface area contributed by atoms with E-state index in [9.17, 15) is 8.78 Å². The summed E-state index contributed by atoms with van der Waals surface area (Å²) in [5.74, 6) is 3.86. The molecule has 3 rings (SSSR count). The van der Waals surface area contributed by atoms with Crippen LogP contribution in [0.4, 0.5) is 8.78 Å². The van der Waals surface area contributed by atoms with Gasteiger partial charge >= 0.3 is 0 Å². The fraction of sp³-hybridized carbons (Fsp3) is 0.765. The number of halogens is 2. The molecule has 5 atom stereocenters. The fourth-order valence-electron chi connectivity index (χ4n) is 10.3. The van der Waals surface area contributed by atoms with E-state index in [0.29, 0.717) is 47.9 Å². The zero-order valence-electron chi connectivity index (χ0n) is 37.2. The zero-order chi connectivity index (χ0) is 40.3. The van der Waals surface area contributed by atoms with Crippen LogP contribution in [0, 0.1) is 65.9 Å². The van der Waals surface area contributed by atoms with Crippen LogP contribution in [0.1, 0.15) is 194 Å². The molecule has 0 heterocycles. The average molecular weight is 767 g/mol. The monoisotopic (exact) mass is 767 g/mol. The zero-order valence-corrected chi connectivity index (χ0v) is 37.2. The predicted molar refractivity (Wildman–Crippen MR) is 232 cm³/mol. The Labute approximate surface area is 338 Å². The third-order valence-electron chi connectivity index (χ3n) is 13.4. The van der Waals surface area contributed by atoms with Gasteiger partial charge in [0, 0.05) is 0 Å². The third-order valence-corrected chi connectivity index (χ3v) is 13.4. The molecule has 1 saturated carbocycles. The maximum atomic E-state index is 14.5. The number of hydrogen-bond acceptors (Lipinski definition) is 2. The van der Waals surface area contributed by atoms with Crippen LogP contribution in [0.2, 0.25) is 0 Å². The fourth-order valence-corrected chi connectivity index (χ4v) is 10.3. The Bertz CT molecular complexity index is 1300. The van der Waals surface area contributed by atoms with Gasteiger partial charge in [0.1, 0.15) is 0 Å². The number of ether oxygens (including phenoxy) is 2. The van der Waals surface area contributed by atoms with Crippen LogP contribution in [-0.4, -0.2) is 13.2 Å². The molecule has 314 valence electrons. The summed E-state index contributed by atoms with van der Waals surface area (Å²) >= 11 is 0. The van der Waals surface area contributed by atoms with Crippen LogP contribution in [0.15, 0.2) is 36.4 Å². The van der Waals surface area contributed by atoms with E-state index in [1.54, 1.807) is 12.1 Å². The molecule has 2 aromatic rings. The normalized spacial score (nSPS) is 20.0.